The smallest absolute Gasteiger partial charge is 0.290 e. The summed E-state index contributed by atoms with van der Waals surface area (Å²) < 4.78 is 33.4. The topological polar surface area (TPSA) is 77.5 Å². The summed E-state index contributed by atoms with van der Waals surface area (Å²) in [7, 11) is -3.61. The Morgan fingerprint density at radius 1 is 1.13 bits per heavy atom. The number of benzene rings is 1. The molecule has 0 saturated carbocycles. The van der Waals surface area contributed by atoms with Gasteiger partial charge in [-0.05, 0) is 55.0 Å². The predicted octanol–water partition coefficient (Wildman–Crippen LogP) is 5.48. The van der Waals surface area contributed by atoms with Crippen LogP contribution >= 0.6 is 22.7 Å². The molecule has 0 saturated heterocycles. The van der Waals surface area contributed by atoms with Crippen molar-refractivity contribution in [2.45, 2.75) is 19.8 Å². The van der Waals surface area contributed by atoms with Crippen molar-refractivity contribution in [3.8, 4) is 16.3 Å². The van der Waals surface area contributed by atoms with Crippen LogP contribution in [0.1, 0.15) is 25.3 Å². The third-order valence-corrected chi connectivity index (χ3v) is 6.71. The second-order valence-electron chi connectivity index (χ2n) is 6.27. The molecular weight excluding hydrogens is 440 g/mol. The van der Waals surface area contributed by atoms with Crippen molar-refractivity contribution in [2.75, 3.05) is 25.1 Å². The highest BCUT2D eigenvalue weighted by atomic mass is 32.2. The molecule has 6 nitrogen and oxygen atoms in total. The zero-order chi connectivity index (χ0) is 21.2. The second kappa shape index (κ2) is 11.3. The first kappa shape index (κ1) is 22.5. The van der Waals surface area contributed by atoms with Gasteiger partial charge in [-0.25, -0.2) is 4.98 Å². The highest BCUT2D eigenvalue weighted by Crippen LogP contribution is 2.28. The molecule has 0 aliphatic heterocycles. The van der Waals surface area contributed by atoms with Gasteiger partial charge in [0.2, 0.25) is 0 Å². The van der Waals surface area contributed by atoms with Gasteiger partial charge in [0.05, 0.1) is 29.2 Å². The minimum Gasteiger partial charge on any atom is -0.494 e. The van der Waals surface area contributed by atoms with E-state index < -0.39 is 10.1 Å². The molecule has 3 aromatic rings. The Morgan fingerprint density at radius 3 is 2.70 bits per heavy atom. The number of hydrogen-bond acceptors (Lipinski definition) is 8. The normalized spacial score (nSPS) is 11.8. The molecule has 1 aromatic carbocycles. The van der Waals surface area contributed by atoms with Crippen LogP contribution in [0.25, 0.3) is 16.6 Å². The lowest BCUT2D eigenvalue weighted by Gasteiger charge is -2.07. The van der Waals surface area contributed by atoms with E-state index in [0.29, 0.717) is 6.61 Å². The van der Waals surface area contributed by atoms with Gasteiger partial charge >= 0.3 is 0 Å². The van der Waals surface area contributed by atoms with Crippen molar-refractivity contribution in [1.29, 1.82) is 0 Å². The van der Waals surface area contributed by atoms with Crippen molar-refractivity contribution in [3.63, 3.8) is 0 Å². The van der Waals surface area contributed by atoms with E-state index in [-0.39, 0.29) is 6.61 Å². The third-order valence-electron chi connectivity index (χ3n) is 3.98. The molecule has 2 aromatic heterocycles. The number of thiazole rings is 1. The Kier molecular flexibility index (Phi) is 8.44. The van der Waals surface area contributed by atoms with E-state index in [0.717, 1.165) is 46.9 Å². The third kappa shape index (κ3) is 7.24. The molecule has 160 valence electrons. The van der Waals surface area contributed by atoms with Crippen LogP contribution < -0.4 is 10.1 Å². The molecule has 30 heavy (non-hydrogen) atoms. The summed E-state index contributed by atoms with van der Waals surface area (Å²) in [6, 6.07) is 11.4. The van der Waals surface area contributed by atoms with Gasteiger partial charge in [0.15, 0.2) is 5.13 Å². The maximum absolute atomic E-state index is 11.5. The molecule has 0 unspecified atom stereocenters. The Morgan fingerprint density at radius 2 is 1.97 bits per heavy atom. The number of unbranched alkanes of at least 4 members (excludes halogenated alkanes) is 1. The maximum atomic E-state index is 11.5. The van der Waals surface area contributed by atoms with Crippen LogP contribution in [0.4, 0.5) is 5.13 Å². The number of nitrogens with zero attached hydrogens (tertiary/aromatic N) is 1. The summed E-state index contributed by atoms with van der Waals surface area (Å²) in [6.45, 7) is 3.22. The summed E-state index contributed by atoms with van der Waals surface area (Å²) in [4.78, 5) is 5.79. The minimum atomic E-state index is -3.61. The van der Waals surface area contributed by atoms with Crippen LogP contribution in [0.5, 0.6) is 5.75 Å². The van der Waals surface area contributed by atoms with E-state index in [1.165, 1.54) is 11.0 Å². The first-order valence-corrected chi connectivity index (χ1v) is 12.8. The Bertz CT molecular complexity index is 1030. The largest absolute Gasteiger partial charge is 0.494 e. The summed E-state index contributed by atoms with van der Waals surface area (Å²) >= 11 is 3.31. The molecule has 0 atom stereocenters. The highest BCUT2D eigenvalue weighted by molar-refractivity contribution is 7.89. The monoisotopic (exact) mass is 464 g/mol. The lowest BCUT2D eigenvalue weighted by molar-refractivity contribution is 0.308. The molecule has 1 N–H and O–H groups in total. The first-order valence-electron chi connectivity index (χ1n) is 9.59. The minimum absolute atomic E-state index is 0.120. The fourth-order valence-corrected chi connectivity index (χ4v) is 4.78. The van der Waals surface area contributed by atoms with Crippen molar-refractivity contribution in [2.24, 2.45) is 0 Å². The summed E-state index contributed by atoms with van der Waals surface area (Å²) in [5, 5.41) is 9.48. The Hall–Kier alpha value is -2.20. The van der Waals surface area contributed by atoms with Gasteiger partial charge < -0.3 is 10.1 Å². The average molecular weight is 465 g/mol. The summed E-state index contributed by atoms with van der Waals surface area (Å²) in [5.41, 5.74) is 1.79. The number of ether oxygens (including phenoxy) is 1. The van der Waals surface area contributed by atoms with Crippen LogP contribution in [0, 0.1) is 0 Å². The summed E-state index contributed by atoms with van der Waals surface area (Å²) in [6.07, 6.45) is 3.40. The van der Waals surface area contributed by atoms with Gasteiger partial charge in [-0.2, -0.15) is 8.42 Å². The number of rotatable bonds is 12. The first-order chi connectivity index (χ1) is 14.6. The van der Waals surface area contributed by atoms with Gasteiger partial charge in [-0.3, -0.25) is 4.18 Å². The molecule has 0 fully saturated rings. The molecular formula is C21H24N2O4S3. The van der Waals surface area contributed by atoms with E-state index in [1.54, 1.807) is 29.6 Å². The lowest BCUT2D eigenvalue weighted by atomic mass is 10.2. The molecule has 0 aliphatic rings. The SMILES string of the molecule is CCOS(=O)(=O)/C=C/c1ccc(OCCCCNc2nc(-c3cccs3)cs2)cc1. The molecule has 3 rings (SSSR count). The molecule has 0 bridgehead atoms. The molecule has 9 heteroatoms. The fraction of sp³-hybridized carbons (Fsp3) is 0.286. The molecule has 0 aliphatic carbocycles. The standard InChI is InChI=1S/C21H24N2O4S3/c1-2-27-30(24,25)15-11-17-7-9-18(10-8-17)26-13-4-3-12-22-21-23-19(16-29-21)20-6-5-14-28-20/h5-11,14-16H,2-4,12-13H2,1H3,(H,22,23)/b15-11+. The Labute approximate surface area is 185 Å². The number of thiophene rings is 1. The van der Waals surface area contributed by atoms with E-state index in [4.69, 9.17) is 4.74 Å². The molecule has 0 radical (unpaired) electrons. The van der Waals surface area contributed by atoms with Gasteiger partial charge in [-0.15, -0.1) is 22.7 Å². The van der Waals surface area contributed by atoms with E-state index in [2.05, 4.69) is 31.3 Å². The predicted molar refractivity (Wildman–Crippen MR) is 125 cm³/mol. The molecule has 2 heterocycles. The highest BCUT2D eigenvalue weighted by Gasteiger charge is 2.05. The zero-order valence-electron chi connectivity index (χ0n) is 16.6. The summed E-state index contributed by atoms with van der Waals surface area (Å²) in [5.74, 6) is 0.758. The zero-order valence-corrected chi connectivity index (χ0v) is 19.1. The van der Waals surface area contributed by atoms with Gasteiger partial charge in [0.1, 0.15) is 5.75 Å². The van der Waals surface area contributed by atoms with Crippen molar-refractivity contribution >= 4 is 44.0 Å². The van der Waals surface area contributed by atoms with Crippen molar-refractivity contribution in [3.05, 3.63) is 58.1 Å². The molecule has 0 amide bonds. The van der Waals surface area contributed by atoms with Crippen LogP contribution in [0.15, 0.2) is 52.6 Å². The lowest BCUT2D eigenvalue weighted by Crippen LogP contribution is -2.04. The second-order valence-corrected chi connectivity index (χ2v) is 9.57. The number of anilines is 1. The van der Waals surface area contributed by atoms with Gasteiger partial charge in [-0.1, -0.05) is 18.2 Å². The van der Waals surface area contributed by atoms with Crippen LogP contribution in [0.2, 0.25) is 0 Å². The van der Waals surface area contributed by atoms with E-state index in [1.807, 2.05) is 30.3 Å². The average Bonchev–Trinajstić information content (AvgIpc) is 3.42. The van der Waals surface area contributed by atoms with Crippen LogP contribution in [-0.2, 0) is 14.3 Å². The van der Waals surface area contributed by atoms with Crippen LogP contribution in [0.3, 0.4) is 0 Å². The number of nitrogens with one attached hydrogen (secondary N) is 1. The fourth-order valence-electron chi connectivity index (χ4n) is 2.55. The van der Waals surface area contributed by atoms with Gasteiger partial charge in [0.25, 0.3) is 10.1 Å². The van der Waals surface area contributed by atoms with Crippen molar-refractivity contribution < 1.29 is 17.3 Å². The number of hydrogen-bond donors (Lipinski definition) is 1. The van der Waals surface area contributed by atoms with Crippen LogP contribution in [-0.4, -0.2) is 33.2 Å². The van der Waals surface area contributed by atoms with E-state index >= 15 is 0 Å². The van der Waals surface area contributed by atoms with Crippen molar-refractivity contribution in [1.82, 2.24) is 4.98 Å². The molecule has 0 spiro atoms. The van der Waals surface area contributed by atoms with E-state index in [9.17, 15) is 8.42 Å². The van der Waals surface area contributed by atoms with Gasteiger partial charge in [0, 0.05) is 11.9 Å². The number of aromatic nitrogens is 1. The Balaban J connectivity index is 1.33. The maximum Gasteiger partial charge on any atom is 0.290 e. The quantitative estimate of drug-likeness (QED) is 0.282.